The summed E-state index contributed by atoms with van der Waals surface area (Å²) in [6.07, 6.45) is 3.86. The normalized spacial score (nSPS) is 27.7. The van der Waals surface area contributed by atoms with Crippen LogP contribution in [0.2, 0.25) is 0 Å². The van der Waals surface area contributed by atoms with E-state index in [2.05, 4.69) is 30.1 Å². The van der Waals surface area contributed by atoms with Crippen LogP contribution in [-0.4, -0.2) is 48.8 Å². The third kappa shape index (κ3) is 5.90. The Morgan fingerprint density at radius 1 is 1.32 bits per heavy atom. The van der Waals surface area contributed by atoms with E-state index in [0.717, 1.165) is 45.4 Å². The van der Waals surface area contributed by atoms with E-state index < -0.39 is 0 Å². The van der Waals surface area contributed by atoms with E-state index in [0.29, 0.717) is 12.2 Å². The van der Waals surface area contributed by atoms with Gasteiger partial charge in [0.2, 0.25) is 0 Å². The highest BCUT2D eigenvalue weighted by Gasteiger charge is 2.23. The molecule has 0 amide bonds. The van der Waals surface area contributed by atoms with Crippen LogP contribution in [0.1, 0.15) is 47.0 Å². The van der Waals surface area contributed by atoms with Gasteiger partial charge >= 0.3 is 0 Å². The molecule has 0 bridgehead atoms. The van der Waals surface area contributed by atoms with Crippen molar-refractivity contribution in [1.29, 1.82) is 5.26 Å². The number of hydrogen-bond acceptors (Lipinski definition) is 4. The molecule has 0 aromatic carbocycles. The van der Waals surface area contributed by atoms with Gasteiger partial charge in [-0.15, -0.1) is 0 Å². The Hall–Kier alpha value is -0.630. The molecule has 0 aliphatic carbocycles. The molecule has 3 unspecified atom stereocenters. The molecule has 0 aromatic heterocycles. The van der Waals surface area contributed by atoms with E-state index >= 15 is 0 Å². The van der Waals surface area contributed by atoms with Gasteiger partial charge in [-0.3, -0.25) is 10.2 Å². The molecular formula is C15H29N3O. The van der Waals surface area contributed by atoms with Crippen LogP contribution in [0.3, 0.4) is 0 Å². The number of rotatable bonds is 7. The second kappa shape index (κ2) is 7.84. The standard InChI is InChI=1S/C15H29N3O/c1-5-17-15(4,12-16)8-6-7-9-18-10-13(2)19-14(3)11-18/h13-14,17H,5-11H2,1-4H3. The van der Waals surface area contributed by atoms with Crippen molar-refractivity contribution in [3.05, 3.63) is 0 Å². The summed E-state index contributed by atoms with van der Waals surface area (Å²) < 4.78 is 5.73. The van der Waals surface area contributed by atoms with Crippen molar-refractivity contribution in [3.8, 4) is 6.07 Å². The molecule has 4 nitrogen and oxygen atoms in total. The molecule has 110 valence electrons. The average molecular weight is 267 g/mol. The zero-order valence-corrected chi connectivity index (χ0v) is 12.9. The fourth-order valence-corrected chi connectivity index (χ4v) is 2.85. The van der Waals surface area contributed by atoms with Crippen LogP contribution < -0.4 is 5.32 Å². The van der Waals surface area contributed by atoms with Gasteiger partial charge in [0.1, 0.15) is 5.54 Å². The number of nitriles is 1. The number of nitrogens with zero attached hydrogens (tertiary/aromatic N) is 2. The van der Waals surface area contributed by atoms with Crippen LogP contribution in [0.25, 0.3) is 0 Å². The number of ether oxygens (including phenoxy) is 1. The second-order valence-corrected chi connectivity index (χ2v) is 5.95. The van der Waals surface area contributed by atoms with E-state index in [-0.39, 0.29) is 5.54 Å². The maximum absolute atomic E-state index is 9.19. The van der Waals surface area contributed by atoms with Gasteiger partial charge in [-0.1, -0.05) is 6.92 Å². The summed E-state index contributed by atoms with van der Waals surface area (Å²) in [5.41, 5.74) is -0.361. The first-order valence-corrected chi connectivity index (χ1v) is 7.53. The van der Waals surface area contributed by atoms with Gasteiger partial charge in [0.15, 0.2) is 0 Å². The third-order valence-corrected chi connectivity index (χ3v) is 3.71. The summed E-state index contributed by atoms with van der Waals surface area (Å²) in [6, 6.07) is 2.39. The lowest BCUT2D eigenvalue weighted by Crippen LogP contribution is -2.45. The number of hydrogen-bond donors (Lipinski definition) is 1. The Kier molecular flexibility index (Phi) is 6.78. The van der Waals surface area contributed by atoms with Gasteiger partial charge in [0, 0.05) is 13.1 Å². The zero-order valence-electron chi connectivity index (χ0n) is 12.9. The van der Waals surface area contributed by atoms with Crippen LogP contribution in [0, 0.1) is 11.3 Å². The summed E-state index contributed by atoms with van der Waals surface area (Å²) in [4.78, 5) is 2.48. The smallest absolute Gasteiger partial charge is 0.103 e. The zero-order chi connectivity index (χ0) is 14.3. The van der Waals surface area contributed by atoms with Crippen molar-refractivity contribution < 1.29 is 4.74 Å². The first kappa shape index (κ1) is 16.4. The molecule has 1 saturated heterocycles. The van der Waals surface area contributed by atoms with Crippen molar-refractivity contribution in [3.63, 3.8) is 0 Å². The van der Waals surface area contributed by atoms with Gasteiger partial charge in [0.05, 0.1) is 18.3 Å². The lowest BCUT2D eigenvalue weighted by Gasteiger charge is -2.35. The monoisotopic (exact) mass is 267 g/mol. The van der Waals surface area contributed by atoms with Gasteiger partial charge in [0.25, 0.3) is 0 Å². The minimum atomic E-state index is -0.361. The van der Waals surface area contributed by atoms with E-state index in [1.165, 1.54) is 0 Å². The highest BCUT2D eigenvalue weighted by Crippen LogP contribution is 2.15. The van der Waals surface area contributed by atoms with E-state index in [9.17, 15) is 5.26 Å². The van der Waals surface area contributed by atoms with Gasteiger partial charge in [-0.05, 0) is 53.1 Å². The molecule has 1 heterocycles. The molecule has 4 heteroatoms. The Morgan fingerprint density at radius 3 is 2.47 bits per heavy atom. The Balaban J connectivity index is 2.21. The predicted molar refractivity (Wildman–Crippen MR) is 78.0 cm³/mol. The maximum Gasteiger partial charge on any atom is 0.103 e. The number of nitrogens with one attached hydrogen (secondary N) is 1. The fourth-order valence-electron chi connectivity index (χ4n) is 2.85. The van der Waals surface area contributed by atoms with Crippen LogP contribution in [0.5, 0.6) is 0 Å². The highest BCUT2D eigenvalue weighted by atomic mass is 16.5. The summed E-state index contributed by atoms with van der Waals surface area (Å²) in [7, 11) is 0. The predicted octanol–water partition coefficient (Wildman–Crippen LogP) is 2.16. The van der Waals surface area contributed by atoms with Gasteiger partial charge in [-0.25, -0.2) is 0 Å². The van der Waals surface area contributed by atoms with Crippen LogP contribution in [-0.2, 0) is 4.74 Å². The molecule has 19 heavy (non-hydrogen) atoms. The van der Waals surface area contributed by atoms with E-state index in [1.54, 1.807) is 0 Å². The first-order valence-electron chi connectivity index (χ1n) is 7.53. The Morgan fingerprint density at radius 2 is 1.95 bits per heavy atom. The summed E-state index contributed by atoms with van der Waals surface area (Å²) in [6.45, 7) is 12.4. The van der Waals surface area contributed by atoms with Crippen molar-refractivity contribution in [1.82, 2.24) is 10.2 Å². The molecule has 0 saturated carbocycles. The molecule has 1 rings (SSSR count). The fraction of sp³-hybridized carbons (Fsp3) is 0.933. The van der Waals surface area contributed by atoms with Crippen molar-refractivity contribution >= 4 is 0 Å². The lowest BCUT2D eigenvalue weighted by molar-refractivity contribution is -0.0682. The molecule has 0 aromatic rings. The van der Waals surface area contributed by atoms with Crippen molar-refractivity contribution in [2.75, 3.05) is 26.2 Å². The summed E-state index contributed by atoms with van der Waals surface area (Å²) in [5.74, 6) is 0. The first-order chi connectivity index (χ1) is 8.99. The van der Waals surface area contributed by atoms with Crippen LogP contribution >= 0.6 is 0 Å². The van der Waals surface area contributed by atoms with Crippen molar-refractivity contribution in [2.24, 2.45) is 0 Å². The molecule has 0 radical (unpaired) electrons. The molecular weight excluding hydrogens is 238 g/mol. The third-order valence-electron chi connectivity index (χ3n) is 3.71. The van der Waals surface area contributed by atoms with Crippen LogP contribution in [0.4, 0.5) is 0 Å². The minimum absolute atomic E-state index is 0.342. The van der Waals surface area contributed by atoms with Crippen LogP contribution in [0.15, 0.2) is 0 Å². The maximum atomic E-state index is 9.19. The molecule has 1 aliphatic rings. The summed E-state index contributed by atoms with van der Waals surface area (Å²) >= 11 is 0. The molecule has 3 atom stereocenters. The SMILES string of the molecule is CCNC(C)(C#N)CCCCN1CC(C)OC(C)C1. The highest BCUT2D eigenvalue weighted by molar-refractivity contribution is 5.03. The molecule has 0 spiro atoms. The van der Waals surface area contributed by atoms with Gasteiger partial charge in [-0.2, -0.15) is 5.26 Å². The minimum Gasteiger partial charge on any atom is -0.373 e. The number of unbranched alkanes of at least 4 members (excludes halogenated alkanes) is 1. The molecule has 1 aliphatic heterocycles. The Labute approximate surface area is 118 Å². The van der Waals surface area contributed by atoms with Crippen molar-refractivity contribution in [2.45, 2.75) is 64.7 Å². The summed E-state index contributed by atoms with van der Waals surface area (Å²) in [5, 5.41) is 12.5. The quantitative estimate of drug-likeness (QED) is 0.718. The van der Waals surface area contributed by atoms with E-state index in [4.69, 9.17) is 4.74 Å². The topological polar surface area (TPSA) is 48.3 Å². The largest absolute Gasteiger partial charge is 0.373 e. The Bertz CT molecular complexity index is 292. The van der Waals surface area contributed by atoms with E-state index in [1.807, 2.05) is 13.8 Å². The lowest BCUT2D eigenvalue weighted by atomic mass is 9.96. The second-order valence-electron chi connectivity index (χ2n) is 5.95. The molecule has 1 fully saturated rings. The van der Waals surface area contributed by atoms with Gasteiger partial charge < -0.3 is 4.74 Å². The molecule has 1 N–H and O–H groups in total. The number of morpholine rings is 1. The average Bonchev–Trinajstić information content (AvgIpc) is 2.34.